The SMILES string of the molecule is CNCC1(c2cccnc2)CCCN1C. The number of hydrogen-bond donors (Lipinski definition) is 1. The zero-order valence-electron chi connectivity index (χ0n) is 9.53. The maximum atomic E-state index is 4.24. The van der Waals surface area contributed by atoms with Gasteiger partial charge in [-0.3, -0.25) is 9.88 Å². The number of rotatable bonds is 3. The summed E-state index contributed by atoms with van der Waals surface area (Å²) in [5.74, 6) is 0. The van der Waals surface area contributed by atoms with Gasteiger partial charge >= 0.3 is 0 Å². The molecule has 1 aromatic heterocycles. The van der Waals surface area contributed by atoms with Crippen LogP contribution in [0, 0.1) is 0 Å². The normalized spacial score (nSPS) is 27.1. The zero-order chi connectivity index (χ0) is 10.7. The third-order valence-corrected chi connectivity index (χ3v) is 3.48. The predicted molar refractivity (Wildman–Crippen MR) is 61.7 cm³/mol. The van der Waals surface area contributed by atoms with Crippen molar-refractivity contribution in [2.24, 2.45) is 0 Å². The lowest BCUT2D eigenvalue weighted by Gasteiger charge is -2.36. The van der Waals surface area contributed by atoms with Crippen molar-refractivity contribution in [1.82, 2.24) is 15.2 Å². The molecule has 0 bridgehead atoms. The molecular formula is C12H19N3. The third kappa shape index (κ3) is 1.77. The Morgan fingerprint density at radius 3 is 3.00 bits per heavy atom. The van der Waals surface area contributed by atoms with Crippen molar-refractivity contribution in [3.63, 3.8) is 0 Å². The average Bonchev–Trinajstić information content (AvgIpc) is 2.63. The van der Waals surface area contributed by atoms with Crippen LogP contribution in [-0.4, -0.2) is 37.1 Å². The van der Waals surface area contributed by atoms with E-state index in [1.165, 1.54) is 24.9 Å². The molecule has 3 heteroatoms. The number of pyridine rings is 1. The standard InChI is InChI=1S/C12H19N3/c1-13-10-12(6-4-8-15(12)2)11-5-3-7-14-9-11/h3,5,7,9,13H,4,6,8,10H2,1-2H3. The first-order valence-corrected chi connectivity index (χ1v) is 5.56. The van der Waals surface area contributed by atoms with Gasteiger partial charge in [0.2, 0.25) is 0 Å². The van der Waals surface area contributed by atoms with E-state index in [-0.39, 0.29) is 5.54 Å². The Labute approximate surface area is 91.5 Å². The van der Waals surface area contributed by atoms with Gasteiger partial charge in [0.15, 0.2) is 0 Å². The second-order valence-electron chi connectivity index (χ2n) is 4.33. The molecule has 1 aliphatic rings. The van der Waals surface area contributed by atoms with Crippen molar-refractivity contribution in [1.29, 1.82) is 0 Å². The highest BCUT2D eigenvalue weighted by atomic mass is 15.2. The van der Waals surface area contributed by atoms with E-state index >= 15 is 0 Å². The van der Waals surface area contributed by atoms with Crippen LogP contribution in [0.15, 0.2) is 24.5 Å². The van der Waals surface area contributed by atoms with Gasteiger partial charge in [-0.15, -0.1) is 0 Å². The molecule has 3 nitrogen and oxygen atoms in total. The van der Waals surface area contributed by atoms with Crippen molar-refractivity contribution in [3.05, 3.63) is 30.1 Å². The first kappa shape index (κ1) is 10.6. The number of aromatic nitrogens is 1. The summed E-state index contributed by atoms with van der Waals surface area (Å²) in [5.41, 5.74) is 1.49. The summed E-state index contributed by atoms with van der Waals surface area (Å²) in [6, 6.07) is 4.21. The van der Waals surface area contributed by atoms with Crippen LogP contribution in [0.25, 0.3) is 0 Å². The highest BCUT2D eigenvalue weighted by Crippen LogP contribution is 2.36. The number of nitrogens with zero attached hydrogens (tertiary/aromatic N) is 2. The van der Waals surface area contributed by atoms with Gasteiger partial charge in [-0.1, -0.05) is 6.07 Å². The Bertz CT molecular complexity index is 312. The van der Waals surface area contributed by atoms with Gasteiger partial charge in [-0.2, -0.15) is 0 Å². The molecule has 0 aliphatic carbocycles. The second kappa shape index (κ2) is 4.29. The minimum atomic E-state index is 0.156. The number of nitrogens with one attached hydrogen (secondary N) is 1. The molecule has 1 aromatic rings. The fraction of sp³-hybridized carbons (Fsp3) is 0.583. The van der Waals surface area contributed by atoms with Gasteiger partial charge in [0.25, 0.3) is 0 Å². The van der Waals surface area contributed by atoms with E-state index in [0.717, 1.165) is 6.54 Å². The third-order valence-electron chi connectivity index (χ3n) is 3.48. The largest absolute Gasteiger partial charge is 0.318 e. The first-order valence-electron chi connectivity index (χ1n) is 5.56. The Morgan fingerprint density at radius 1 is 1.60 bits per heavy atom. The molecule has 0 spiro atoms. The molecule has 1 unspecified atom stereocenters. The minimum absolute atomic E-state index is 0.156. The molecular weight excluding hydrogens is 186 g/mol. The smallest absolute Gasteiger partial charge is 0.0598 e. The monoisotopic (exact) mass is 205 g/mol. The highest BCUT2D eigenvalue weighted by Gasteiger charge is 2.39. The van der Waals surface area contributed by atoms with Crippen LogP contribution in [-0.2, 0) is 5.54 Å². The van der Waals surface area contributed by atoms with Gasteiger partial charge in [0, 0.05) is 18.9 Å². The summed E-state index contributed by atoms with van der Waals surface area (Å²) in [5, 5.41) is 3.31. The lowest BCUT2D eigenvalue weighted by Crippen LogP contribution is -2.45. The summed E-state index contributed by atoms with van der Waals surface area (Å²) < 4.78 is 0. The number of likely N-dealkylation sites (tertiary alicyclic amines) is 1. The Hall–Kier alpha value is -0.930. The van der Waals surface area contributed by atoms with E-state index in [1.54, 1.807) is 0 Å². The highest BCUT2D eigenvalue weighted by molar-refractivity contribution is 5.23. The van der Waals surface area contributed by atoms with Crippen LogP contribution >= 0.6 is 0 Å². The maximum Gasteiger partial charge on any atom is 0.0598 e. The molecule has 1 fully saturated rings. The first-order chi connectivity index (χ1) is 7.29. The van der Waals surface area contributed by atoms with Crippen LogP contribution in [0.3, 0.4) is 0 Å². The number of hydrogen-bond acceptors (Lipinski definition) is 3. The van der Waals surface area contributed by atoms with Crippen molar-refractivity contribution in [3.8, 4) is 0 Å². The molecule has 82 valence electrons. The Kier molecular flexibility index (Phi) is 3.03. The molecule has 1 atom stereocenters. The van der Waals surface area contributed by atoms with Crippen LogP contribution < -0.4 is 5.32 Å². The molecule has 1 N–H and O–H groups in total. The van der Waals surface area contributed by atoms with Crippen LogP contribution in [0.5, 0.6) is 0 Å². The molecule has 2 heterocycles. The summed E-state index contributed by atoms with van der Waals surface area (Å²) in [6.45, 7) is 2.17. The lowest BCUT2D eigenvalue weighted by molar-refractivity contribution is 0.172. The van der Waals surface area contributed by atoms with Gasteiger partial charge in [0.1, 0.15) is 0 Å². The lowest BCUT2D eigenvalue weighted by atomic mass is 9.88. The molecule has 0 radical (unpaired) electrons. The van der Waals surface area contributed by atoms with Crippen molar-refractivity contribution < 1.29 is 0 Å². The molecule has 1 aliphatic heterocycles. The van der Waals surface area contributed by atoms with E-state index in [4.69, 9.17) is 0 Å². The van der Waals surface area contributed by atoms with Crippen molar-refractivity contribution >= 4 is 0 Å². The Balaban J connectivity index is 2.34. The Morgan fingerprint density at radius 2 is 2.47 bits per heavy atom. The summed E-state index contributed by atoms with van der Waals surface area (Å²) in [7, 11) is 4.22. The predicted octanol–water partition coefficient (Wildman–Crippen LogP) is 1.22. The quantitative estimate of drug-likeness (QED) is 0.804. The molecule has 0 aromatic carbocycles. The fourth-order valence-corrected chi connectivity index (χ4v) is 2.63. The van der Waals surface area contributed by atoms with E-state index < -0.39 is 0 Å². The van der Waals surface area contributed by atoms with Crippen molar-refractivity contribution in [2.75, 3.05) is 27.2 Å². The average molecular weight is 205 g/mol. The number of likely N-dealkylation sites (N-methyl/N-ethyl adjacent to an activating group) is 2. The van der Waals surface area contributed by atoms with Crippen molar-refractivity contribution in [2.45, 2.75) is 18.4 Å². The summed E-state index contributed by atoms with van der Waals surface area (Å²) >= 11 is 0. The zero-order valence-corrected chi connectivity index (χ0v) is 9.53. The van der Waals surface area contributed by atoms with Gasteiger partial charge in [-0.05, 0) is 45.1 Å². The van der Waals surface area contributed by atoms with Crippen LogP contribution in [0.4, 0.5) is 0 Å². The maximum absolute atomic E-state index is 4.24. The van der Waals surface area contributed by atoms with E-state index in [9.17, 15) is 0 Å². The fourth-order valence-electron chi connectivity index (χ4n) is 2.63. The van der Waals surface area contributed by atoms with Gasteiger partial charge < -0.3 is 5.32 Å². The molecule has 1 saturated heterocycles. The molecule has 0 saturated carbocycles. The molecule has 15 heavy (non-hydrogen) atoms. The van der Waals surface area contributed by atoms with E-state index in [1.807, 2.05) is 25.5 Å². The van der Waals surface area contributed by atoms with E-state index in [2.05, 4.69) is 28.3 Å². The van der Waals surface area contributed by atoms with Gasteiger partial charge in [0.05, 0.1) is 5.54 Å². The van der Waals surface area contributed by atoms with Crippen LogP contribution in [0.2, 0.25) is 0 Å². The second-order valence-corrected chi connectivity index (χ2v) is 4.33. The minimum Gasteiger partial charge on any atom is -0.318 e. The summed E-state index contributed by atoms with van der Waals surface area (Å²) in [6.07, 6.45) is 6.33. The topological polar surface area (TPSA) is 28.2 Å². The van der Waals surface area contributed by atoms with Crippen LogP contribution in [0.1, 0.15) is 18.4 Å². The van der Waals surface area contributed by atoms with Gasteiger partial charge in [-0.25, -0.2) is 0 Å². The molecule has 0 amide bonds. The molecule has 2 rings (SSSR count). The summed E-state index contributed by atoms with van der Waals surface area (Å²) in [4.78, 5) is 6.68. The van der Waals surface area contributed by atoms with E-state index in [0.29, 0.717) is 0 Å².